The largest absolute Gasteiger partial charge is 0.478 e. The zero-order chi connectivity index (χ0) is 13.8. The maximum absolute atomic E-state index is 11.8. The van der Waals surface area contributed by atoms with E-state index in [1.165, 1.54) is 6.08 Å². The molecule has 1 aromatic heterocycles. The van der Waals surface area contributed by atoms with Gasteiger partial charge in [0, 0.05) is 30.5 Å². The molecular formula is C13H15NO4S. The number of carboxylic acids is 1. The Labute approximate surface area is 115 Å². The predicted molar refractivity (Wildman–Crippen MR) is 72.2 cm³/mol. The number of thiophene rings is 1. The zero-order valence-corrected chi connectivity index (χ0v) is 11.4. The fourth-order valence-electron chi connectivity index (χ4n) is 2.07. The molecule has 0 fully saturated rings. The van der Waals surface area contributed by atoms with Gasteiger partial charge >= 0.3 is 12.1 Å². The monoisotopic (exact) mass is 281 g/mol. The van der Waals surface area contributed by atoms with Gasteiger partial charge in [-0.25, -0.2) is 9.59 Å². The average Bonchev–Trinajstić information content (AvgIpc) is 2.75. The summed E-state index contributed by atoms with van der Waals surface area (Å²) in [5.41, 5.74) is 1.58. The summed E-state index contributed by atoms with van der Waals surface area (Å²) in [6, 6.07) is 1.91. The van der Waals surface area contributed by atoms with Crippen molar-refractivity contribution in [3.8, 4) is 0 Å². The number of hydrogen-bond donors (Lipinski definition) is 1. The van der Waals surface area contributed by atoms with Crippen molar-refractivity contribution >= 4 is 29.0 Å². The second kappa shape index (κ2) is 5.88. The van der Waals surface area contributed by atoms with E-state index < -0.39 is 12.1 Å². The van der Waals surface area contributed by atoms with Gasteiger partial charge in [0.2, 0.25) is 0 Å². The summed E-state index contributed by atoms with van der Waals surface area (Å²) in [5.74, 6) is -1.00. The third-order valence-corrected chi connectivity index (χ3v) is 3.87. The highest BCUT2D eigenvalue weighted by molar-refractivity contribution is 7.10. The first-order valence-electron chi connectivity index (χ1n) is 6.03. The van der Waals surface area contributed by atoms with Gasteiger partial charge in [0.25, 0.3) is 0 Å². The Bertz CT molecular complexity index is 520. The third-order valence-electron chi connectivity index (χ3n) is 2.89. The van der Waals surface area contributed by atoms with Gasteiger partial charge in [0.15, 0.2) is 0 Å². The minimum absolute atomic E-state index is 0.273. The maximum Gasteiger partial charge on any atom is 0.410 e. The van der Waals surface area contributed by atoms with Gasteiger partial charge in [0.1, 0.15) is 0 Å². The minimum atomic E-state index is -1.00. The highest BCUT2D eigenvalue weighted by Gasteiger charge is 2.23. The molecular weight excluding hydrogens is 266 g/mol. The van der Waals surface area contributed by atoms with Gasteiger partial charge in [0.05, 0.1) is 6.61 Å². The van der Waals surface area contributed by atoms with Crippen molar-refractivity contribution in [2.75, 3.05) is 19.7 Å². The van der Waals surface area contributed by atoms with Gasteiger partial charge in [-0.3, -0.25) is 0 Å². The van der Waals surface area contributed by atoms with Gasteiger partial charge in [-0.15, -0.1) is 11.3 Å². The first kappa shape index (κ1) is 13.6. The van der Waals surface area contributed by atoms with Crippen molar-refractivity contribution in [2.24, 2.45) is 0 Å². The number of rotatable bonds is 2. The van der Waals surface area contributed by atoms with Crippen molar-refractivity contribution in [3.05, 3.63) is 28.0 Å². The van der Waals surface area contributed by atoms with E-state index in [4.69, 9.17) is 9.84 Å². The van der Waals surface area contributed by atoms with Crippen molar-refractivity contribution < 1.29 is 19.4 Å². The molecule has 0 spiro atoms. The number of aliphatic carboxylic acids is 1. The van der Waals surface area contributed by atoms with Crippen molar-refractivity contribution in [2.45, 2.75) is 13.3 Å². The SMILES string of the molecule is CCOC(=O)N1CCc2sccc2/C(=C\C(=O)O)C1. The molecule has 2 rings (SSSR count). The van der Waals surface area contributed by atoms with E-state index in [1.807, 2.05) is 11.4 Å². The van der Waals surface area contributed by atoms with Crippen LogP contribution in [0.2, 0.25) is 0 Å². The number of carbonyl (C=O) groups excluding carboxylic acids is 1. The van der Waals surface area contributed by atoms with Crippen LogP contribution in [0.5, 0.6) is 0 Å². The molecule has 0 aliphatic carbocycles. The van der Waals surface area contributed by atoms with Gasteiger partial charge in [-0.1, -0.05) is 0 Å². The molecule has 1 N–H and O–H groups in total. The van der Waals surface area contributed by atoms with E-state index in [2.05, 4.69) is 0 Å². The van der Waals surface area contributed by atoms with E-state index in [0.29, 0.717) is 18.7 Å². The minimum Gasteiger partial charge on any atom is -0.478 e. The predicted octanol–water partition coefficient (Wildman–Crippen LogP) is 2.23. The lowest BCUT2D eigenvalue weighted by atomic mass is 10.1. The van der Waals surface area contributed by atoms with Crippen LogP contribution >= 0.6 is 11.3 Å². The van der Waals surface area contributed by atoms with E-state index in [9.17, 15) is 9.59 Å². The lowest BCUT2D eigenvalue weighted by Crippen LogP contribution is -2.33. The van der Waals surface area contributed by atoms with Gasteiger partial charge < -0.3 is 14.7 Å². The van der Waals surface area contributed by atoms with Crippen LogP contribution in [0, 0.1) is 0 Å². The first-order chi connectivity index (χ1) is 9.11. The Morgan fingerprint density at radius 1 is 1.58 bits per heavy atom. The normalized spacial score (nSPS) is 16.9. The lowest BCUT2D eigenvalue weighted by molar-refractivity contribution is -0.131. The van der Waals surface area contributed by atoms with Crippen LogP contribution < -0.4 is 0 Å². The fourth-order valence-corrected chi connectivity index (χ4v) is 2.97. The first-order valence-corrected chi connectivity index (χ1v) is 6.91. The summed E-state index contributed by atoms with van der Waals surface area (Å²) in [7, 11) is 0. The van der Waals surface area contributed by atoms with E-state index in [-0.39, 0.29) is 6.54 Å². The maximum atomic E-state index is 11.8. The molecule has 0 saturated heterocycles. The number of carboxylic acid groups (broad SMARTS) is 1. The van der Waals surface area contributed by atoms with Gasteiger partial charge in [-0.2, -0.15) is 0 Å². The summed E-state index contributed by atoms with van der Waals surface area (Å²) in [4.78, 5) is 25.4. The summed E-state index contributed by atoms with van der Waals surface area (Å²) in [5, 5.41) is 10.9. The molecule has 2 heterocycles. The molecule has 0 atom stereocenters. The van der Waals surface area contributed by atoms with E-state index >= 15 is 0 Å². The molecule has 102 valence electrons. The van der Waals surface area contributed by atoms with Crippen LogP contribution in [0.15, 0.2) is 17.5 Å². The summed E-state index contributed by atoms with van der Waals surface area (Å²) in [6.45, 7) is 2.88. The van der Waals surface area contributed by atoms with Crippen molar-refractivity contribution in [1.82, 2.24) is 4.90 Å². The van der Waals surface area contributed by atoms with Crippen LogP contribution in [0.4, 0.5) is 4.79 Å². The third kappa shape index (κ3) is 3.14. The second-order valence-electron chi connectivity index (χ2n) is 4.14. The molecule has 1 amide bonds. The molecule has 0 aromatic carbocycles. The average molecular weight is 281 g/mol. The molecule has 0 unspecified atom stereocenters. The van der Waals surface area contributed by atoms with Crippen LogP contribution in [0.1, 0.15) is 17.4 Å². The number of fused-ring (bicyclic) bond motifs is 1. The summed E-state index contributed by atoms with van der Waals surface area (Å²) < 4.78 is 4.98. The quantitative estimate of drug-likeness (QED) is 0.844. The summed E-state index contributed by atoms with van der Waals surface area (Å²) >= 11 is 1.58. The fraction of sp³-hybridized carbons (Fsp3) is 0.385. The Balaban J connectivity index is 2.28. The Morgan fingerprint density at radius 3 is 3.05 bits per heavy atom. The molecule has 0 radical (unpaired) electrons. The van der Waals surface area contributed by atoms with E-state index in [1.54, 1.807) is 23.2 Å². The van der Waals surface area contributed by atoms with Crippen LogP contribution in [0.25, 0.3) is 5.57 Å². The number of nitrogens with zero attached hydrogens (tertiary/aromatic N) is 1. The number of ether oxygens (including phenoxy) is 1. The van der Waals surface area contributed by atoms with Crippen molar-refractivity contribution in [3.63, 3.8) is 0 Å². The molecule has 1 aliphatic rings. The second-order valence-corrected chi connectivity index (χ2v) is 5.14. The molecule has 6 heteroatoms. The number of carbonyl (C=O) groups is 2. The van der Waals surface area contributed by atoms with Crippen LogP contribution in [-0.4, -0.2) is 41.8 Å². The van der Waals surface area contributed by atoms with Crippen LogP contribution in [-0.2, 0) is 16.0 Å². The smallest absolute Gasteiger partial charge is 0.410 e. The topological polar surface area (TPSA) is 66.8 Å². The summed E-state index contributed by atoms with van der Waals surface area (Å²) in [6.07, 6.45) is 1.50. The molecule has 19 heavy (non-hydrogen) atoms. The molecule has 0 bridgehead atoms. The molecule has 1 aliphatic heterocycles. The lowest BCUT2D eigenvalue weighted by Gasteiger charge is -2.20. The Kier molecular flexibility index (Phi) is 4.21. The van der Waals surface area contributed by atoms with Gasteiger partial charge in [-0.05, 0) is 29.5 Å². The molecule has 5 nitrogen and oxygen atoms in total. The zero-order valence-electron chi connectivity index (χ0n) is 10.6. The molecule has 0 saturated carbocycles. The van der Waals surface area contributed by atoms with E-state index in [0.717, 1.165) is 16.9 Å². The highest BCUT2D eigenvalue weighted by Crippen LogP contribution is 2.29. The van der Waals surface area contributed by atoms with Crippen molar-refractivity contribution in [1.29, 1.82) is 0 Å². The standard InChI is InChI=1S/C13H15NO4S/c1-2-18-13(17)14-5-3-11-10(4-6-19-11)9(8-14)7-12(15)16/h4,6-7H,2-3,5,8H2,1H3,(H,15,16)/b9-7-. The number of amides is 1. The number of hydrogen-bond acceptors (Lipinski definition) is 4. The highest BCUT2D eigenvalue weighted by atomic mass is 32.1. The van der Waals surface area contributed by atoms with Crippen LogP contribution in [0.3, 0.4) is 0 Å². The Morgan fingerprint density at radius 2 is 2.37 bits per heavy atom. The molecule has 1 aromatic rings. The Hall–Kier alpha value is -1.82.